The third-order valence-electron chi connectivity index (χ3n) is 1.02. The fourth-order valence-corrected chi connectivity index (χ4v) is 1.53. The van der Waals surface area contributed by atoms with Crippen molar-refractivity contribution in [3.8, 4) is 0 Å². The highest BCUT2D eigenvalue weighted by Gasteiger charge is 2.20. The fraction of sp³-hybridized carbons (Fsp3) is 1.00. The summed E-state index contributed by atoms with van der Waals surface area (Å²) in [5.74, 6) is 0.974. The van der Waals surface area contributed by atoms with Gasteiger partial charge in [0.05, 0.1) is 0 Å². The molecule has 8 heavy (non-hydrogen) atoms. The molecule has 1 aliphatic heterocycles. The third kappa shape index (κ3) is 1.35. The zero-order valence-electron chi connectivity index (χ0n) is 4.37. The molecule has 4 heteroatoms. The molecule has 1 unspecified atom stereocenters. The van der Waals surface area contributed by atoms with Crippen molar-refractivity contribution < 1.29 is 10.2 Å². The molecule has 0 aromatic heterocycles. The smallest absolute Gasteiger partial charge is 0.176 e. The van der Waals surface area contributed by atoms with Gasteiger partial charge in [0.15, 0.2) is 6.29 Å². The quantitative estimate of drug-likeness (QED) is 0.402. The normalized spacial score (nSPS) is 29.6. The molecule has 1 aliphatic rings. The van der Waals surface area contributed by atoms with Crippen molar-refractivity contribution in [3.05, 3.63) is 0 Å². The number of hydrogen-bond acceptors (Lipinski definition) is 4. The van der Waals surface area contributed by atoms with Crippen LogP contribution < -0.4 is 5.32 Å². The summed E-state index contributed by atoms with van der Waals surface area (Å²) >= 11 is 1.54. The molecule has 1 heterocycles. The molecular weight excluding hydrogens is 126 g/mol. The first-order valence-electron chi connectivity index (χ1n) is 2.52. The Morgan fingerprint density at radius 3 is 2.62 bits per heavy atom. The largest absolute Gasteiger partial charge is 0.366 e. The summed E-state index contributed by atoms with van der Waals surface area (Å²) in [6.07, 6.45) is -1.21. The van der Waals surface area contributed by atoms with E-state index in [1.54, 1.807) is 0 Å². The van der Waals surface area contributed by atoms with E-state index in [0.717, 1.165) is 12.3 Å². The summed E-state index contributed by atoms with van der Waals surface area (Å²) < 4.78 is 0. The maximum atomic E-state index is 8.52. The van der Waals surface area contributed by atoms with E-state index in [1.165, 1.54) is 11.8 Å². The average Bonchev–Trinajstić information content (AvgIpc) is 2.12. The van der Waals surface area contributed by atoms with Crippen molar-refractivity contribution in [1.29, 1.82) is 0 Å². The predicted molar refractivity (Wildman–Crippen MR) is 32.5 cm³/mol. The summed E-state index contributed by atoms with van der Waals surface area (Å²) in [4.78, 5) is 0. The minimum absolute atomic E-state index is 0.157. The molecule has 3 nitrogen and oxygen atoms in total. The lowest BCUT2D eigenvalue weighted by Gasteiger charge is -2.09. The molecule has 0 aromatic rings. The van der Waals surface area contributed by atoms with Crippen LogP contribution in [-0.4, -0.2) is 34.2 Å². The number of hydrogen-bond donors (Lipinski definition) is 3. The second-order valence-corrected chi connectivity index (χ2v) is 2.91. The molecule has 0 bridgehead atoms. The van der Waals surface area contributed by atoms with Crippen molar-refractivity contribution >= 4 is 11.8 Å². The van der Waals surface area contributed by atoms with Gasteiger partial charge in [-0.15, -0.1) is 11.8 Å². The maximum absolute atomic E-state index is 8.52. The number of thioether (sulfide) groups is 1. The summed E-state index contributed by atoms with van der Waals surface area (Å²) in [6.45, 7) is 0.882. The van der Waals surface area contributed by atoms with Gasteiger partial charge in [-0.25, -0.2) is 0 Å². The summed E-state index contributed by atoms with van der Waals surface area (Å²) in [6, 6.07) is 0. The molecule has 3 N–H and O–H groups in total. The highest BCUT2D eigenvalue weighted by molar-refractivity contribution is 8.00. The minimum Gasteiger partial charge on any atom is -0.366 e. The van der Waals surface area contributed by atoms with Gasteiger partial charge in [0.1, 0.15) is 5.37 Å². The van der Waals surface area contributed by atoms with E-state index in [9.17, 15) is 0 Å². The molecular formula is C4H9NO2S. The summed E-state index contributed by atoms with van der Waals surface area (Å²) in [7, 11) is 0. The second kappa shape index (κ2) is 2.68. The molecule has 1 atom stereocenters. The van der Waals surface area contributed by atoms with Crippen LogP contribution in [0.3, 0.4) is 0 Å². The number of rotatable bonds is 1. The topological polar surface area (TPSA) is 52.5 Å². The van der Waals surface area contributed by atoms with Gasteiger partial charge in [-0.3, -0.25) is 0 Å². The molecule has 1 saturated heterocycles. The van der Waals surface area contributed by atoms with E-state index in [4.69, 9.17) is 10.2 Å². The molecule has 0 spiro atoms. The first-order valence-corrected chi connectivity index (χ1v) is 3.57. The van der Waals surface area contributed by atoms with Crippen molar-refractivity contribution in [2.45, 2.75) is 11.7 Å². The average molecular weight is 135 g/mol. The highest BCUT2D eigenvalue weighted by atomic mass is 32.2. The highest BCUT2D eigenvalue weighted by Crippen LogP contribution is 2.15. The van der Waals surface area contributed by atoms with E-state index < -0.39 is 6.29 Å². The van der Waals surface area contributed by atoms with E-state index in [0.29, 0.717) is 0 Å². The Morgan fingerprint density at radius 2 is 2.38 bits per heavy atom. The Bertz CT molecular complexity index is 72.4. The maximum Gasteiger partial charge on any atom is 0.176 e. The van der Waals surface area contributed by atoms with Crippen molar-refractivity contribution in [1.82, 2.24) is 5.32 Å². The molecule has 0 radical (unpaired) electrons. The first kappa shape index (κ1) is 6.35. The molecule has 0 aliphatic carbocycles. The van der Waals surface area contributed by atoms with Crippen molar-refractivity contribution in [2.24, 2.45) is 0 Å². The molecule has 0 saturated carbocycles. The van der Waals surface area contributed by atoms with Gasteiger partial charge >= 0.3 is 0 Å². The SMILES string of the molecule is OC(O)C1NCCS1. The standard InChI is InChI=1S/C4H9NO2S/c6-4(7)3-5-1-2-8-3/h3-7H,1-2H2. The van der Waals surface area contributed by atoms with Gasteiger partial charge in [-0.2, -0.15) is 0 Å². The minimum atomic E-state index is -1.21. The lowest BCUT2D eigenvalue weighted by Crippen LogP contribution is -2.32. The number of nitrogens with one attached hydrogen (secondary N) is 1. The van der Waals surface area contributed by atoms with Crippen LogP contribution in [0.4, 0.5) is 0 Å². The Balaban J connectivity index is 2.24. The summed E-state index contributed by atoms with van der Waals surface area (Å²) in [5.41, 5.74) is 0. The van der Waals surface area contributed by atoms with Crippen LogP contribution in [0.25, 0.3) is 0 Å². The van der Waals surface area contributed by atoms with Gasteiger partial charge < -0.3 is 15.5 Å². The molecule has 0 amide bonds. The van der Waals surface area contributed by atoms with E-state index in [2.05, 4.69) is 5.32 Å². The first-order chi connectivity index (χ1) is 3.80. The molecule has 48 valence electrons. The second-order valence-electron chi connectivity index (χ2n) is 1.66. The fourth-order valence-electron chi connectivity index (χ4n) is 0.637. The van der Waals surface area contributed by atoms with Crippen LogP contribution in [0.5, 0.6) is 0 Å². The number of aliphatic hydroxyl groups excluding tert-OH is 1. The van der Waals surface area contributed by atoms with Crippen LogP contribution in [0.2, 0.25) is 0 Å². The third-order valence-corrected chi connectivity index (χ3v) is 2.22. The Labute approximate surface area is 52.1 Å². The van der Waals surface area contributed by atoms with Crippen molar-refractivity contribution in [3.63, 3.8) is 0 Å². The molecule has 0 aromatic carbocycles. The Hall–Kier alpha value is 0.230. The van der Waals surface area contributed by atoms with Gasteiger partial charge in [0.2, 0.25) is 0 Å². The molecule has 1 rings (SSSR count). The summed E-state index contributed by atoms with van der Waals surface area (Å²) in [5, 5.41) is 19.8. The zero-order chi connectivity index (χ0) is 5.98. The van der Waals surface area contributed by atoms with Crippen molar-refractivity contribution in [2.75, 3.05) is 12.3 Å². The van der Waals surface area contributed by atoms with Crippen LogP contribution in [0.15, 0.2) is 0 Å². The van der Waals surface area contributed by atoms with Gasteiger partial charge in [-0.1, -0.05) is 0 Å². The van der Waals surface area contributed by atoms with Gasteiger partial charge in [-0.05, 0) is 0 Å². The van der Waals surface area contributed by atoms with E-state index in [1.807, 2.05) is 0 Å². The Morgan fingerprint density at radius 1 is 1.62 bits per heavy atom. The van der Waals surface area contributed by atoms with Crippen LogP contribution in [0, 0.1) is 0 Å². The van der Waals surface area contributed by atoms with E-state index >= 15 is 0 Å². The van der Waals surface area contributed by atoms with Gasteiger partial charge in [0, 0.05) is 12.3 Å². The Kier molecular flexibility index (Phi) is 2.13. The van der Waals surface area contributed by atoms with Crippen LogP contribution >= 0.6 is 11.8 Å². The van der Waals surface area contributed by atoms with E-state index in [-0.39, 0.29) is 5.37 Å². The van der Waals surface area contributed by atoms with Gasteiger partial charge in [0.25, 0.3) is 0 Å². The predicted octanol–water partition coefficient (Wildman–Crippen LogP) is -1.04. The lowest BCUT2D eigenvalue weighted by atomic mass is 10.6. The zero-order valence-corrected chi connectivity index (χ0v) is 5.19. The lowest BCUT2D eigenvalue weighted by molar-refractivity contribution is -0.0441. The molecule has 1 fully saturated rings. The monoisotopic (exact) mass is 135 g/mol. The van der Waals surface area contributed by atoms with Crippen LogP contribution in [0.1, 0.15) is 0 Å². The number of aliphatic hydroxyl groups is 2. The van der Waals surface area contributed by atoms with Crippen LogP contribution in [-0.2, 0) is 0 Å².